The molecule has 0 amide bonds. The van der Waals surface area contributed by atoms with Crippen LogP contribution in [0, 0.1) is 0 Å². The highest BCUT2D eigenvalue weighted by molar-refractivity contribution is 7.89. The van der Waals surface area contributed by atoms with Crippen LogP contribution in [0.4, 0.5) is 0 Å². The van der Waals surface area contributed by atoms with Crippen LogP contribution in [0.3, 0.4) is 0 Å². The molecule has 114 valence electrons. The quantitative estimate of drug-likeness (QED) is 0.536. The average molecular weight is 335 g/mol. The fraction of sp³-hybridized carbons (Fsp3) is 0.923. The molecule has 0 bridgehead atoms. The molecule has 0 heterocycles. The van der Waals surface area contributed by atoms with E-state index in [1.807, 2.05) is 0 Å². The number of ether oxygens (including phenoxy) is 1. The Morgan fingerprint density at radius 1 is 0.789 bits per heavy atom. The zero-order valence-corrected chi connectivity index (χ0v) is 18.7. The average Bonchev–Trinajstić information content (AvgIpc) is 2.11. The third-order valence-electron chi connectivity index (χ3n) is 4.77. The van der Waals surface area contributed by atoms with Crippen molar-refractivity contribution in [2.75, 3.05) is 7.11 Å². The van der Waals surface area contributed by atoms with Gasteiger partial charge in [-0.1, -0.05) is 65.0 Å². The summed E-state index contributed by atoms with van der Waals surface area (Å²) in [5, 5.41) is 0. The zero-order valence-electron chi connectivity index (χ0n) is 14.7. The monoisotopic (exact) mass is 334 g/mol. The predicted molar refractivity (Wildman–Crippen MR) is 97.2 cm³/mol. The molecular formula is C13H34O2Si4. The van der Waals surface area contributed by atoms with Gasteiger partial charge in [-0.05, 0) is 0 Å². The van der Waals surface area contributed by atoms with Gasteiger partial charge in [-0.2, -0.15) is 0 Å². The summed E-state index contributed by atoms with van der Waals surface area (Å²) in [7, 11) is -2.18. The summed E-state index contributed by atoms with van der Waals surface area (Å²) in [6.45, 7) is 21.7. The van der Waals surface area contributed by atoms with Gasteiger partial charge in [0, 0.05) is 35.8 Å². The SMILES string of the molecule is COC(=O)CC[Si]([Si](C)(C)C)([Si](C)(C)C)[Si](C)(C)C. The maximum atomic E-state index is 11.7. The summed E-state index contributed by atoms with van der Waals surface area (Å²) >= 11 is 0. The highest BCUT2D eigenvalue weighted by Gasteiger charge is 2.60. The number of rotatable bonds is 6. The van der Waals surface area contributed by atoms with E-state index in [-0.39, 0.29) is 5.97 Å². The van der Waals surface area contributed by atoms with E-state index in [1.165, 1.54) is 13.2 Å². The lowest BCUT2D eigenvalue weighted by Crippen LogP contribution is -2.82. The zero-order chi connectivity index (χ0) is 15.7. The van der Waals surface area contributed by atoms with Crippen LogP contribution in [0.2, 0.25) is 65.0 Å². The first kappa shape index (κ1) is 19.3. The smallest absolute Gasteiger partial charge is 0.305 e. The lowest BCUT2D eigenvalue weighted by atomic mass is 10.5. The van der Waals surface area contributed by atoms with Crippen molar-refractivity contribution in [2.45, 2.75) is 71.4 Å². The molecule has 6 heteroatoms. The van der Waals surface area contributed by atoms with E-state index in [1.54, 1.807) is 0 Å². The Labute approximate surface area is 123 Å². The van der Waals surface area contributed by atoms with E-state index in [2.05, 4.69) is 58.9 Å². The van der Waals surface area contributed by atoms with Crippen LogP contribution in [0.1, 0.15) is 6.42 Å². The summed E-state index contributed by atoms with van der Waals surface area (Å²) in [5.74, 6) is -0.00775. The molecule has 0 aliphatic rings. The molecular weight excluding hydrogens is 300 g/mol. The van der Waals surface area contributed by atoms with Crippen molar-refractivity contribution < 1.29 is 9.53 Å². The minimum absolute atomic E-state index is 0.00775. The van der Waals surface area contributed by atoms with Crippen LogP contribution in [-0.4, -0.2) is 42.5 Å². The Morgan fingerprint density at radius 2 is 1.11 bits per heavy atom. The molecule has 0 radical (unpaired) electrons. The number of hydrogen-bond donors (Lipinski definition) is 0. The number of esters is 1. The first-order valence-electron chi connectivity index (χ1n) is 7.27. The molecule has 0 aromatic carbocycles. The highest BCUT2D eigenvalue weighted by Crippen LogP contribution is 2.40. The van der Waals surface area contributed by atoms with Crippen LogP contribution in [0.25, 0.3) is 0 Å². The number of methoxy groups -OCH3 is 1. The largest absolute Gasteiger partial charge is 0.469 e. The van der Waals surface area contributed by atoms with E-state index in [9.17, 15) is 4.79 Å². The standard InChI is InChI=1S/C13H34O2Si4/c1-15-13(14)11-12-19(16(2,3)4,17(5,6)7)18(8,9)10/h11-12H2,1-10H3. The van der Waals surface area contributed by atoms with Crippen molar-refractivity contribution in [1.29, 1.82) is 0 Å². The summed E-state index contributed by atoms with van der Waals surface area (Å²) in [4.78, 5) is 11.7. The van der Waals surface area contributed by atoms with Gasteiger partial charge in [0.25, 0.3) is 0 Å². The predicted octanol–water partition coefficient (Wildman–Crippen LogP) is 4.25. The third kappa shape index (κ3) is 3.92. The molecule has 0 spiro atoms. The molecule has 0 unspecified atom stereocenters. The highest BCUT2D eigenvalue weighted by atomic mass is 29.9. The van der Waals surface area contributed by atoms with Gasteiger partial charge in [0.1, 0.15) is 0 Å². The lowest BCUT2D eigenvalue weighted by molar-refractivity contribution is -0.140. The Bertz CT molecular complexity index is 285. The summed E-state index contributed by atoms with van der Waals surface area (Å²) < 4.78 is 4.91. The van der Waals surface area contributed by atoms with Gasteiger partial charge in [0.15, 0.2) is 0 Å². The minimum atomic E-state index is -1.36. The second-order valence-electron chi connectivity index (χ2n) is 8.73. The molecule has 0 rings (SSSR count). The van der Waals surface area contributed by atoms with Gasteiger partial charge < -0.3 is 4.74 Å². The molecule has 0 aliphatic heterocycles. The van der Waals surface area contributed by atoms with Crippen LogP contribution in [0.5, 0.6) is 0 Å². The minimum Gasteiger partial charge on any atom is -0.469 e. The van der Waals surface area contributed by atoms with Gasteiger partial charge in [0.05, 0.1) is 7.11 Å². The Morgan fingerprint density at radius 3 is 1.32 bits per heavy atom. The fourth-order valence-electron chi connectivity index (χ4n) is 4.89. The third-order valence-corrected chi connectivity index (χ3v) is 79.3. The van der Waals surface area contributed by atoms with E-state index in [0.29, 0.717) is 6.42 Å². The number of hydrogen-bond acceptors (Lipinski definition) is 2. The van der Waals surface area contributed by atoms with Gasteiger partial charge in [-0.25, -0.2) is 0 Å². The van der Waals surface area contributed by atoms with Crippen molar-refractivity contribution in [3.05, 3.63) is 0 Å². The van der Waals surface area contributed by atoms with Crippen molar-refractivity contribution in [1.82, 2.24) is 0 Å². The van der Waals surface area contributed by atoms with Crippen LogP contribution in [0.15, 0.2) is 0 Å². The maximum Gasteiger partial charge on any atom is 0.305 e. The molecule has 0 aromatic heterocycles. The molecule has 0 saturated carbocycles. The van der Waals surface area contributed by atoms with Gasteiger partial charge >= 0.3 is 5.97 Å². The summed E-state index contributed by atoms with van der Waals surface area (Å²) in [5.41, 5.74) is 0. The van der Waals surface area contributed by atoms with E-state index < -0.39 is 29.4 Å². The van der Waals surface area contributed by atoms with E-state index >= 15 is 0 Å². The van der Waals surface area contributed by atoms with Crippen molar-refractivity contribution in [3.8, 4) is 0 Å². The Hall–Kier alpha value is 0.338. The Balaban J connectivity index is 5.75. The summed E-state index contributed by atoms with van der Waals surface area (Å²) in [6.07, 6.45) is 0.654. The maximum absolute atomic E-state index is 11.7. The van der Waals surface area contributed by atoms with Crippen molar-refractivity contribution in [3.63, 3.8) is 0 Å². The molecule has 0 saturated heterocycles. The Kier molecular flexibility index (Phi) is 6.10. The second-order valence-corrected chi connectivity index (χ2v) is 50.2. The molecule has 2 nitrogen and oxygen atoms in total. The van der Waals surface area contributed by atoms with Crippen molar-refractivity contribution >= 4 is 35.4 Å². The van der Waals surface area contributed by atoms with E-state index in [0.717, 1.165) is 0 Å². The van der Waals surface area contributed by atoms with Crippen LogP contribution >= 0.6 is 0 Å². The summed E-state index contributed by atoms with van der Waals surface area (Å²) in [6, 6.07) is 1.18. The second kappa shape index (κ2) is 5.99. The van der Waals surface area contributed by atoms with Gasteiger partial charge in [-0.3, -0.25) is 4.79 Å². The molecule has 0 aromatic rings. The van der Waals surface area contributed by atoms with Crippen LogP contribution < -0.4 is 0 Å². The van der Waals surface area contributed by atoms with Crippen LogP contribution in [-0.2, 0) is 9.53 Å². The molecule has 0 atom stereocenters. The molecule has 0 N–H and O–H groups in total. The molecule has 0 aliphatic carbocycles. The molecule has 19 heavy (non-hydrogen) atoms. The first-order valence-corrected chi connectivity index (χ1v) is 23.0. The fourth-order valence-corrected chi connectivity index (χ4v) is 103. The lowest BCUT2D eigenvalue weighted by Gasteiger charge is -2.57. The first-order chi connectivity index (χ1) is 8.20. The van der Waals surface area contributed by atoms with Crippen molar-refractivity contribution in [2.24, 2.45) is 0 Å². The number of carbonyl (C=O) groups excluding carboxylic acids is 1. The normalized spacial score (nSPS) is 14.4. The van der Waals surface area contributed by atoms with Gasteiger partial charge in [-0.15, -0.1) is 0 Å². The topological polar surface area (TPSA) is 26.3 Å². The van der Waals surface area contributed by atoms with Gasteiger partial charge in [0.2, 0.25) is 0 Å². The van der Waals surface area contributed by atoms with E-state index in [4.69, 9.17) is 4.74 Å². The number of carbonyl (C=O) groups is 1. The molecule has 0 fully saturated rings.